The molecule has 13 aromatic rings. The monoisotopic (exact) mass is 858 g/mol. The van der Waals surface area contributed by atoms with Gasteiger partial charge in [-0.15, -0.1) is 0 Å². The van der Waals surface area contributed by atoms with Crippen LogP contribution in [0.4, 0.5) is 34.1 Å². The summed E-state index contributed by atoms with van der Waals surface area (Å²) in [5.74, 6) is 0. The Bertz CT molecular complexity index is 4130. The molecule has 68 heavy (non-hydrogen) atoms. The lowest BCUT2D eigenvalue weighted by atomic mass is 9.31. The number of hydrogen-bond donors (Lipinski definition) is 0. The van der Waals surface area contributed by atoms with Crippen LogP contribution in [0.25, 0.3) is 76.5 Å². The van der Waals surface area contributed by atoms with E-state index < -0.39 is 0 Å². The molecule has 4 nitrogen and oxygen atoms in total. The fourth-order valence-corrected chi connectivity index (χ4v) is 13.5. The summed E-state index contributed by atoms with van der Waals surface area (Å²) >= 11 is 0. The zero-order valence-corrected chi connectivity index (χ0v) is 36.7. The summed E-state index contributed by atoms with van der Waals surface area (Å²) in [6, 6.07) is 82.4. The van der Waals surface area contributed by atoms with Crippen LogP contribution in [-0.2, 0) is 0 Å². The SMILES string of the molecule is c1ccc(N2c3ccccc3B3c4cc5c(cc4-n4c6ccc7ccccc7c6c6ccc2c3c64)B2c3ccccc3N(c3ccccc3)c3ccc4c6c7ccccc7ccc6n-5c4c32)cc1. The number of nitrogens with zero attached hydrogens (tertiary/aromatic N) is 4. The van der Waals surface area contributed by atoms with Gasteiger partial charge < -0.3 is 18.9 Å². The molecule has 6 heteroatoms. The van der Waals surface area contributed by atoms with E-state index in [1.165, 1.54) is 143 Å². The van der Waals surface area contributed by atoms with Gasteiger partial charge in [0, 0.05) is 67.0 Å². The van der Waals surface area contributed by atoms with Crippen LogP contribution in [-0.4, -0.2) is 22.6 Å². The second kappa shape index (κ2) is 12.6. The molecule has 17 rings (SSSR count). The van der Waals surface area contributed by atoms with Gasteiger partial charge in [0.15, 0.2) is 0 Å². The van der Waals surface area contributed by atoms with E-state index in [1.807, 2.05) is 0 Å². The predicted octanol–water partition coefficient (Wildman–Crippen LogP) is 11.4. The number of hydrogen-bond acceptors (Lipinski definition) is 2. The first-order valence-corrected chi connectivity index (χ1v) is 23.8. The van der Waals surface area contributed by atoms with Crippen LogP contribution in [0.2, 0.25) is 0 Å². The number of fused-ring (bicyclic) bond motifs is 20. The van der Waals surface area contributed by atoms with Gasteiger partial charge in [-0.05, 0) is 127 Å². The Kier molecular flexibility index (Phi) is 6.57. The predicted molar refractivity (Wildman–Crippen MR) is 289 cm³/mol. The van der Waals surface area contributed by atoms with Gasteiger partial charge in [-0.2, -0.15) is 0 Å². The van der Waals surface area contributed by atoms with Crippen LogP contribution in [0.1, 0.15) is 0 Å². The number of benzene rings is 11. The molecule has 0 amide bonds. The quantitative estimate of drug-likeness (QED) is 0.161. The summed E-state index contributed by atoms with van der Waals surface area (Å²) < 4.78 is 5.31. The van der Waals surface area contributed by atoms with Crippen molar-refractivity contribution in [3.8, 4) is 11.4 Å². The van der Waals surface area contributed by atoms with Crippen molar-refractivity contribution in [2.24, 2.45) is 0 Å². The molecule has 0 spiro atoms. The lowest BCUT2D eigenvalue weighted by Crippen LogP contribution is -2.63. The highest BCUT2D eigenvalue weighted by molar-refractivity contribution is 7.02. The molecule has 4 aliphatic rings. The van der Waals surface area contributed by atoms with Crippen molar-refractivity contribution in [1.29, 1.82) is 0 Å². The van der Waals surface area contributed by atoms with Gasteiger partial charge in [0.2, 0.25) is 0 Å². The molecule has 0 N–H and O–H groups in total. The van der Waals surface area contributed by atoms with Gasteiger partial charge >= 0.3 is 0 Å². The van der Waals surface area contributed by atoms with Crippen molar-refractivity contribution in [3.05, 3.63) is 218 Å². The minimum atomic E-state index is -0.00803. The van der Waals surface area contributed by atoms with Gasteiger partial charge in [-0.25, -0.2) is 0 Å². The molecule has 310 valence electrons. The standard InChI is InChI=1S/C62H36B2N4/c1-3-17-39(18-4-1)65-49-25-13-11-23-45(49)63-47-35-56-48(36-55(47)67-51-31-27-37-15-7-9-21-41(37)57(51)43-29-33-53(65)59(63)61(43)67)64-46-24-12-14-26-50(46)66(40-19-5-2-6-20-40)54-34-30-44-58-42-22-10-8-16-38(42)28-32-52(58)68(56)62(44)60(54)64/h1-36H. The zero-order chi connectivity index (χ0) is 43.9. The normalized spacial score (nSPS) is 13.8. The average molecular weight is 859 g/mol. The first-order valence-electron chi connectivity index (χ1n) is 23.8. The van der Waals surface area contributed by atoms with Crippen molar-refractivity contribution in [2.45, 2.75) is 0 Å². The van der Waals surface area contributed by atoms with Gasteiger partial charge in [0.25, 0.3) is 13.4 Å². The molecule has 0 atom stereocenters. The largest absolute Gasteiger partial charge is 0.311 e. The first kappa shape index (κ1) is 35.5. The van der Waals surface area contributed by atoms with Gasteiger partial charge in [-0.3, -0.25) is 0 Å². The van der Waals surface area contributed by atoms with E-state index >= 15 is 0 Å². The van der Waals surface area contributed by atoms with Crippen LogP contribution in [0, 0.1) is 0 Å². The number of para-hydroxylation sites is 4. The number of aromatic nitrogens is 2. The Balaban J connectivity index is 1.06. The molecule has 0 saturated carbocycles. The van der Waals surface area contributed by atoms with Crippen LogP contribution in [0.5, 0.6) is 0 Å². The Morgan fingerprint density at radius 1 is 0.279 bits per heavy atom. The molecule has 0 fully saturated rings. The maximum atomic E-state index is 2.66. The topological polar surface area (TPSA) is 16.3 Å². The minimum absolute atomic E-state index is 0.00803. The number of rotatable bonds is 2. The Morgan fingerprint density at radius 2 is 0.691 bits per heavy atom. The fraction of sp³-hybridized carbons (Fsp3) is 0. The Morgan fingerprint density at radius 3 is 1.16 bits per heavy atom. The molecule has 2 aromatic heterocycles. The first-order chi connectivity index (χ1) is 33.8. The molecule has 6 heterocycles. The molecular weight excluding hydrogens is 822 g/mol. The highest BCUT2D eigenvalue weighted by Crippen LogP contribution is 2.47. The lowest BCUT2D eigenvalue weighted by Gasteiger charge is -2.42. The summed E-state index contributed by atoms with van der Waals surface area (Å²) in [6.07, 6.45) is 0. The third-order valence-electron chi connectivity index (χ3n) is 16.0. The summed E-state index contributed by atoms with van der Waals surface area (Å²) in [7, 11) is 0. The van der Waals surface area contributed by atoms with Crippen molar-refractivity contribution in [3.63, 3.8) is 0 Å². The highest BCUT2D eigenvalue weighted by Gasteiger charge is 2.46. The van der Waals surface area contributed by atoms with E-state index in [9.17, 15) is 0 Å². The summed E-state index contributed by atoms with van der Waals surface area (Å²) in [5, 5.41) is 10.3. The van der Waals surface area contributed by atoms with Crippen LogP contribution in [0.15, 0.2) is 218 Å². The van der Waals surface area contributed by atoms with Crippen molar-refractivity contribution < 1.29 is 0 Å². The maximum Gasteiger partial charge on any atom is 0.252 e. The summed E-state index contributed by atoms with van der Waals surface area (Å²) in [4.78, 5) is 5.01. The van der Waals surface area contributed by atoms with Crippen molar-refractivity contribution >= 4 is 145 Å². The molecular formula is C62H36B2N4. The number of anilines is 6. The van der Waals surface area contributed by atoms with E-state index in [1.54, 1.807) is 0 Å². The third-order valence-corrected chi connectivity index (χ3v) is 16.0. The van der Waals surface area contributed by atoms with Crippen molar-refractivity contribution in [2.75, 3.05) is 9.80 Å². The summed E-state index contributed by atoms with van der Waals surface area (Å²) in [5.41, 5.74) is 22.9. The van der Waals surface area contributed by atoms with Gasteiger partial charge in [-0.1, -0.05) is 146 Å². The fourth-order valence-electron chi connectivity index (χ4n) is 13.5. The van der Waals surface area contributed by atoms with Crippen LogP contribution in [0.3, 0.4) is 0 Å². The Labute approximate surface area is 392 Å². The molecule has 4 aliphatic heterocycles. The molecule has 0 radical (unpaired) electrons. The van der Waals surface area contributed by atoms with Gasteiger partial charge in [0.1, 0.15) is 0 Å². The Hall–Kier alpha value is -8.73. The van der Waals surface area contributed by atoms with E-state index in [0.717, 1.165) is 0 Å². The van der Waals surface area contributed by atoms with Crippen molar-refractivity contribution in [1.82, 2.24) is 9.13 Å². The maximum absolute atomic E-state index is 2.66. The molecule has 11 aromatic carbocycles. The van der Waals surface area contributed by atoms with Crippen LogP contribution >= 0.6 is 0 Å². The van der Waals surface area contributed by atoms with E-state index in [2.05, 4.69) is 237 Å². The van der Waals surface area contributed by atoms with Gasteiger partial charge in [0.05, 0.1) is 22.1 Å². The second-order valence-electron chi connectivity index (χ2n) is 19.1. The third kappa shape index (κ3) is 4.22. The lowest BCUT2D eigenvalue weighted by molar-refractivity contribution is 1.16. The molecule has 0 saturated heterocycles. The van der Waals surface area contributed by atoms with Crippen LogP contribution < -0.4 is 42.6 Å². The second-order valence-corrected chi connectivity index (χ2v) is 19.1. The minimum Gasteiger partial charge on any atom is -0.311 e. The highest BCUT2D eigenvalue weighted by atomic mass is 15.2. The smallest absolute Gasteiger partial charge is 0.252 e. The average Bonchev–Trinajstić information content (AvgIpc) is 3.94. The van der Waals surface area contributed by atoms with E-state index in [-0.39, 0.29) is 13.4 Å². The molecule has 0 unspecified atom stereocenters. The zero-order valence-electron chi connectivity index (χ0n) is 36.7. The molecule has 0 bridgehead atoms. The van der Waals surface area contributed by atoms with E-state index in [0.29, 0.717) is 0 Å². The summed E-state index contributed by atoms with van der Waals surface area (Å²) in [6.45, 7) is -0.0161. The van der Waals surface area contributed by atoms with E-state index in [4.69, 9.17) is 0 Å². The molecule has 0 aliphatic carbocycles.